The lowest BCUT2D eigenvalue weighted by Crippen LogP contribution is -2.56. The Bertz CT molecular complexity index is 388. The molecule has 2 saturated heterocycles. The van der Waals surface area contributed by atoms with Crippen molar-refractivity contribution in [2.24, 2.45) is 11.7 Å². The van der Waals surface area contributed by atoms with Crippen molar-refractivity contribution in [1.29, 1.82) is 0 Å². The Morgan fingerprint density at radius 2 is 1.59 bits per heavy atom. The number of carbonyl (C=O) groups excluding carboxylic acids is 2. The number of nitrogens with zero attached hydrogens (tertiary/aromatic N) is 3. The number of hydrogen-bond acceptors (Lipinski definition) is 5. The van der Waals surface area contributed by atoms with Gasteiger partial charge in [-0.15, -0.1) is 0 Å². The normalized spacial score (nSPS) is 22.0. The number of carbonyl (C=O) groups is 2. The third kappa shape index (κ3) is 4.41. The zero-order chi connectivity index (χ0) is 16.1. The van der Waals surface area contributed by atoms with Crippen LogP contribution in [0, 0.1) is 5.92 Å². The van der Waals surface area contributed by atoms with Crippen LogP contribution in [0.15, 0.2) is 0 Å². The van der Waals surface area contributed by atoms with Crippen LogP contribution in [0.1, 0.15) is 13.8 Å². The Kier molecular flexibility index (Phi) is 6.16. The molecule has 2 aliphatic heterocycles. The minimum Gasteiger partial charge on any atom is -0.378 e. The van der Waals surface area contributed by atoms with Gasteiger partial charge in [0.05, 0.1) is 25.8 Å². The highest BCUT2D eigenvalue weighted by Gasteiger charge is 2.28. The first-order valence-electron chi connectivity index (χ1n) is 8.11. The van der Waals surface area contributed by atoms with E-state index in [1.807, 2.05) is 23.6 Å². The number of rotatable bonds is 4. The monoisotopic (exact) mass is 312 g/mol. The van der Waals surface area contributed by atoms with Crippen LogP contribution >= 0.6 is 0 Å². The molecule has 0 spiro atoms. The van der Waals surface area contributed by atoms with Gasteiger partial charge in [-0.3, -0.25) is 14.5 Å². The fraction of sp³-hybridized carbons (Fsp3) is 0.867. The molecule has 0 saturated carbocycles. The van der Waals surface area contributed by atoms with Crippen LogP contribution in [0.5, 0.6) is 0 Å². The maximum atomic E-state index is 12.2. The van der Waals surface area contributed by atoms with Crippen LogP contribution in [0.25, 0.3) is 0 Å². The lowest BCUT2D eigenvalue weighted by molar-refractivity contribution is -0.138. The number of hydrogen-bond donors (Lipinski definition) is 1. The van der Waals surface area contributed by atoms with E-state index >= 15 is 0 Å². The van der Waals surface area contributed by atoms with Gasteiger partial charge >= 0.3 is 0 Å². The lowest BCUT2D eigenvalue weighted by Gasteiger charge is -2.37. The molecule has 2 fully saturated rings. The summed E-state index contributed by atoms with van der Waals surface area (Å²) in [6.07, 6.45) is 0. The van der Waals surface area contributed by atoms with Gasteiger partial charge < -0.3 is 20.3 Å². The summed E-state index contributed by atoms with van der Waals surface area (Å²) < 4.78 is 5.26. The van der Waals surface area contributed by atoms with Gasteiger partial charge in [0.25, 0.3) is 0 Å². The quantitative estimate of drug-likeness (QED) is 0.718. The summed E-state index contributed by atoms with van der Waals surface area (Å²) in [5.74, 6) is 0.324. The van der Waals surface area contributed by atoms with E-state index in [0.29, 0.717) is 45.9 Å². The van der Waals surface area contributed by atoms with E-state index in [-0.39, 0.29) is 17.7 Å². The average Bonchev–Trinajstić information content (AvgIpc) is 2.55. The van der Waals surface area contributed by atoms with Crippen LogP contribution in [-0.4, -0.2) is 91.6 Å². The number of piperazine rings is 1. The maximum Gasteiger partial charge on any atom is 0.239 e. The molecule has 2 amide bonds. The number of morpholine rings is 1. The molecule has 2 N–H and O–H groups in total. The summed E-state index contributed by atoms with van der Waals surface area (Å²) >= 11 is 0. The third-order valence-corrected chi connectivity index (χ3v) is 4.41. The van der Waals surface area contributed by atoms with Crippen molar-refractivity contribution < 1.29 is 14.3 Å². The predicted octanol–water partition coefficient (Wildman–Crippen LogP) is -1.03. The second kappa shape index (κ2) is 7.89. The standard InChI is InChI=1S/C15H28N4O3/c1-12(2)14(16)15(21)19-5-3-17(4-6-19)11-13(20)18-7-9-22-10-8-18/h12,14H,3-11,16H2,1-2H3/t14-/m0/s1. The van der Waals surface area contributed by atoms with Crippen LogP contribution in [0.4, 0.5) is 0 Å². The van der Waals surface area contributed by atoms with Gasteiger partial charge in [0.15, 0.2) is 0 Å². The summed E-state index contributed by atoms with van der Waals surface area (Å²) in [6.45, 7) is 9.71. The molecule has 0 aliphatic carbocycles. The first-order valence-corrected chi connectivity index (χ1v) is 8.11. The summed E-state index contributed by atoms with van der Waals surface area (Å²) in [5.41, 5.74) is 5.93. The van der Waals surface area contributed by atoms with Crippen molar-refractivity contribution in [3.05, 3.63) is 0 Å². The van der Waals surface area contributed by atoms with Crippen molar-refractivity contribution in [2.45, 2.75) is 19.9 Å². The van der Waals surface area contributed by atoms with E-state index in [1.54, 1.807) is 0 Å². The van der Waals surface area contributed by atoms with Gasteiger partial charge in [0.2, 0.25) is 11.8 Å². The van der Waals surface area contributed by atoms with Gasteiger partial charge in [0, 0.05) is 39.3 Å². The number of amides is 2. The highest BCUT2D eigenvalue weighted by atomic mass is 16.5. The van der Waals surface area contributed by atoms with E-state index in [9.17, 15) is 9.59 Å². The molecule has 2 rings (SSSR count). The highest BCUT2D eigenvalue weighted by molar-refractivity contribution is 5.82. The van der Waals surface area contributed by atoms with Crippen LogP contribution in [0.3, 0.4) is 0 Å². The Balaban J connectivity index is 1.75. The Morgan fingerprint density at radius 3 is 2.14 bits per heavy atom. The summed E-state index contributed by atoms with van der Waals surface area (Å²) in [4.78, 5) is 30.2. The molecule has 0 bridgehead atoms. The van der Waals surface area contributed by atoms with E-state index in [2.05, 4.69) is 4.90 Å². The smallest absolute Gasteiger partial charge is 0.239 e. The van der Waals surface area contributed by atoms with Crippen LogP contribution in [-0.2, 0) is 14.3 Å². The summed E-state index contributed by atoms with van der Waals surface area (Å²) in [6, 6.07) is -0.429. The molecule has 126 valence electrons. The fourth-order valence-electron chi connectivity index (χ4n) is 2.73. The molecule has 7 nitrogen and oxygen atoms in total. The van der Waals surface area contributed by atoms with Gasteiger partial charge in [-0.25, -0.2) is 0 Å². The molecule has 2 aliphatic rings. The fourth-order valence-corrected chi connectivity index (χ4v) is 2.73. The van der Waals surface area contributed by atoms with Crippen molar-refractivity contribution >= 4 is 11.8 Å². The first kappa shape index (κ1) is 17.2. The molecule has 0 aromatic carbocycles. The zero-order valence-corrected chi connectivity index (χ0v) is 13.7. The van der Waals surface area contributed by atoms with E-state index in [1.165, 1.54) is 0 Å². The molecule has 2 heterocycles. The minimum absolute atomic E-state index is 0.0224. The van der Waals surface area contributed by atoms with E-state index in [4.69, 9.17) is 10.5 Å². The molecule has 22 heavy (non-hydrogen) atoms. The highest BCUT2D eigenvalue weighted by Crippen LogP contribution is 2.08. The average molecular weight is 312 g/mol. The Labute approximate surface area is 132 Å². The van der Waals surface area contributed by atoms with Gasteiger partial charge in [-0.1, -0.05) is 13.8 Å². The number of nitrogens with two attached hydrogens (primary N) is 1. The van der Waals surface area contributed by atoms with Gasteiger partial charge in [-0.05, 0) is 5.92 Å². The van der Waals surface area contributed by atoms with Crippen molar-refractivity contribution in [2.75, 3.05) is 59.0 Å². The van der Waals surface area contributed by atoms with Crippen LogP contribution < -0.4 is 5.73 Å². The maximum absolute atomic E-state index is 12.2. The Morgan fingerprint density at radius 1 is 1.00 bits per heavy atom. The Hall–Kier alpha value is -1.18. The molecule has 0 radical (unpaired) electrons. The van der Waals surface area contributed by atoms with E-state index in [0.717, 1.165) is 13.1 Å². The predicted molar refractivity (Wildman–Crippen MR) is 83.2 cm³/mol. The molecule has 0 aromatic heterocycles. The first-order chi connectivity index (χ1) is 10.5. The van der Waals surface area contributed by atoms with Crippen molar-refractivity contribution in [1.82, 2.24) is 14.7 Å². The topological polar surface area (TPSA) is 79.1 Å². The van der Waals surface area contributed by atoms with Crippen molar-refractivity contribution in [3.8, 4) is 0 Å². The lowest BCUT2D eigenvalue weighted by atomic mass is 10.0. The van der Waals surface area contributed by atoms with E-state index < -0.39 is 6.04 Å². The SMILES string of the molecule is CC(C)[C@H](N)C(=O)N1CCN(CC(=O)N2CCOCC2)CC1. The van der Waals surface area contributed by atoms with Gasteiger partial charge in [0.1, 0.15) is 0 Å². The molecule has 0 aromatic rings. The molecular formula is C15H28N4O3. The third-order valence-electron chi connectivity index (χ3n) is 4.41. The van der Waals surface area contributed by atoms with Crippen molar-refractivity contribution in [3.63, 3.8) is 0 Å². The second-order valence-corrected chi connectivity index (χ2v) is 6.36. The van der Waals surface area contributed by atoms with Gasteiger partial charge in [-0.2, -0.15) is 0 Å². The molecular weight excluding hydrogens is 284 g/mol. The van der Waals surface area contributed by atoms with Crippen LogP contribution in [0.2, 0.25) is 0 Å². The summed E-state index contributed by atoms with van der Waals surface area (Å²) in [7, 11) is 0. The molecule has 7 heteroatoms. The second-order valence-electron chi connectivity index (χ2n) is 6.36. The summed E-state index contributed by atoms with van der Waals surface area (Å²) in [5, 5.41) is 0. The molecule has 0 unspecified atom stereocenters. The largest absolute Gasteiger partial charge is 0.378 e. The molecule has 1 atom stereocenters. The zero-order valence-electron chi connectivity index (χ0n) is 13.7. The minimum atomic E-state index is -0.429. The number of ether oxygens (including phenoxy) is 1.